The molecular formula is C18H20N2. The van der Waals surface area contributed by atoms with Gasteiger partial charge in [-0.1, -0.05) is 43.5 Å². The Morgan fingerprint density at radius 3 is 2.40 bits per heavy atom. The summed E-state index contributed by atoms with van der Waals surface area (Å²) in [6, 6.07) is 14.4. The first kappa shape index (κ1) is 13.0. The maximum atomic E-state index is 9.23. The maximum absolute atomic E-state index is 9.23. The summed E-state index contributed by atoms with van der Waals surface area (Å²) in [5, 5.41) is 15.2. The number of hydrogen-bond donors (Lipinski definition) is 1. The zero-order valence-electron chi connectivity index (χ0n) is 11.9. The van der Waals surface area contributed by atoms with Gasteiger partial charge in [0.15, 0.2) is 0 Å². The molecule has 0 heterocycles. The molecule has 0 atom stereocenters. The van der Waals surface area contributed by atoms with E-state index in [4.69, 9.17) is 0 Å². The van der Waals surface area contributed by atoms with Crippen molar-refractivity contribution in [1.29, 1.82) is 5.26 Å². The molecule has 1 saturated carbocycles. The van der Waals surface area contributed by atoms with Crippen molar-refractivity contribution in [1.82, 2.24) is 0 Å². The van der Waals surface area contributed by atoms with Gasteiger partial charge in [-0.05, 0) is 31.9 Å². The summed E-state index contributed by atoms with van der Waals surface area (Å²) in [7, 11) is 0. The van der Waals surface area contributed by atoms with Gasteiger partial charge in [-0.2, -0.15) is 5.26 Å². The van der Waals surface area contributed by atoms with Gasteiger partial charge in [0.2, 0.25) is 0 Å². The van der Waals surface area contributed by atoms with Crippen molar-refractivity contribution in [2.24, 2.45) is 0 Å². The fraction of sp³-hybridized carbons (Fsp3) is 0.389. The van der Waals surface area contributed by atoms with E-state index in [9.17, 15) is 5.26 Å². The summed E-state index contributed by atoms with van der Waals surface area (Å²) in [5.74, 6) is 0. The van der Waals surface area contributed by atoms with Crippen LogP contribution in [0.3, 0.4) is 0 Å². The van der Waals surface area contributed by atoms with E-state index in [0.29, 0.717) is 0 Å². The fourth-order valence-corrected chi connectivity index (χ4v) is 3.29. The number of fused-ring (bicyclic) bond motifs is 1. The molecule has 1 N–H and O–H groups in total. The van der Waals surface area contributed by atoms with Crippen molar-refractivity contribution >= 4 is 16.5 Å². The van der Waals surface area contributed by atoms with Crippen LogP contribution in [0.15, 0.2) is 36.4 Å². The van der Waals surface area contributed by atoms with Crippen LogP contribution >= 0.6 is 0 Å². The third-order valence-corrected chi connectivity index (χ3v) is 4.44. The molecule has 1 fully saturated rings. The van der Waals surface area contributed by atoms with Crippen LogP contribution in [-0.4, -0.2) is 5.54 Å². The third-order valence-electron chi connectivity index (χ3n) is 4.44. The van der Waals surface area contributed by atoms with E-state index in [-0.39, 0.29) is 5.54 Å². The van der Waals surface area contributed by atoms with E-state index in [1.54, 1.807) is 0 Å². The molecule has 2 aromatic rings. The highest BCUT2D eigenvalue weighted by Crippen LogP contribution is 2.34. The molecular weight excluding hydrogens is 244 g/mol. The van der Waals surface area contributed by atoms with Crippen molar-refractivity contribution in [3.63, 3.8) is 0 Å². The second-order valence-electron chi connectivity index (χ2n) is 6.06. The number of nitrogens with one attached hydrogen (secondary N) is 1. The highest BCUT2D eigenvalue weighted by molar-refractivity contribution is 5.97. The Morgan fingerprint density at radius 2 is 1.70 bits per heavy atom. The van der Waals surface area contributed by atoms with E-state index in [1.807, 2.05) is 24.3 Å². The quantitative estimate of drug-likeness (QED) is 0.842. The van der Waals surface area contributed by atoms with E-state index >= 15 is 0 Å². The van der Waals surface area contributed by atoms with Crippen molar-refractivity contribution in [3.05, 3.63) is 42.0 Å². The lowest BCUT2D eigenvalue weighted by Gasteiger charge is -2.36. The van der Waals surface area contributed by atoms with Crippen LogP contribution in [0.2, 0.25) is 0 Å². The monoisotopic (exact) mass is 264 g/mol. The first-order valence-electron chi connectivity index (χ1n) is 7.42. The average Bonchev–Trinajstić information content (AvgIpc) is 2.48. The van der Waals surface area contributed by atoms with Gasteiger partial charge in [-0.15, -0.1) is 0 Å². The Kier molecular flexibility index (Phi) is 3.36. The molecule has 102 valence electrons. The lowest BCUT2D eigenvalue weighted by Crippen LogP contribution is -2.36. The van der Waals surface area contributed by atoms with E-state index in [2.05, 4.69) is 30.4 Å². The Bertz CT molecular complexity index is 661. The molecule has 2 aromatic carbocycles. The third kappa shape index (κ3) is 2.36. The molecule has 0 unspecified atom stereocenters. The minimum Gasteiger partial charge on any atom is -0.379 e. The van der Waals surface area contributed by atoms with Crippen molar-refractivity contribution < 1.29 is 0 Å². The maximum Gasteiger partial charge on any atom is 0.0998 e. The number of hydrogen-bond acceptors (Lipinski definition) is 2. The van der Waals surface area contributed by atoms with Crippen LogP contribution in [0.1, 0.15) is 44.6 Å². The van der Waals surface area contributed by atoms with E-state index in [0.717, 1.165) is 22.0 Å². The van der Waals surface area contributed by atoms with Crippen molar-refractivity contribution in [2.45, 2.75) is 44.6 Å². The smallest absolute Gasteiger partial charge is 0.0998 e. The van der Waals surface area contributed by atoms with Gasteiger partial charge in [-0.25, -0.2) is 0 Å². The molecule has 1 aliphatic carbocycles. The second kappa shape index (κ2) is 5.17. The predicted octanol–water partition coefficient (Wildman–Crippen LogP) is 4.85. The molecule has 2 nitrogen and oxygen atoms in total. The van der Waals surface area contributed by atoms with Gasteiger partial charge in [0, 0.05) is 22.0 Å². The summed E-state index contributed by atoms with van der Waals surface area (Å²) in [4.78, 5) is 0. The Hall–Kier alpha value is -2.01. The number of rotatable bonds is 2. The zero-order valence-corrected chi connectivity index (χ0v) is 11.9. The van der Waals surface area contributed by atoms with Gasteiger partial charge in [0.05, 0.1) is 11.6 Å². The van der Waals surface area contributed by atoms with Gasteiger partial charge < -0.3 is 5.32 Å². The molecule has 0 aliphatic heterocycles. The summed E-state index contributed by atoms with van der Waals surface area (Å²) in [5.41, 5.74) is 2.10. The number of benzene rings is 2. The van der Waals surface area contributed by atoms with Crippen LogP contribution in [0.25, 0.3) is 10.8 Å². The summed E-state index contributed by atoms with van der Waals surface area (Å²) in [6.45, 7) is 2.32. The van der Waals surface area contributed by atoms with Gasteiger partial charge >= 0.3 is 0 Å². The SMILES string of the molecule is CC1(Nc2ccc(C#N)c3ccccc23)CCCCC1. The molecule has 1 aliphatic rings. The topological polar surface area (TPSA) is 35.8 Å². The molecule has 20 heavy (non-hydrogen) atoms. The first-order valence-corrected chi connectivity index (χ1v) is 7.42. The number of anilines is 1. The molecule has 0 aromatic heterocycles. The molecule has 2 heteroatoms. The highest BCUT2D eigenvalue weighted by Gasteiger charge is 2.26. The molecule has 0 bridgehead atoms. The van der Waals surface area contributed by atoms with Crippen LogP contribution in [0.5, 0.6) is 0 Å². The molecule has 3 rings (SSSR count). The molecule has 0 spiro atoms. The Balaban J connectivity index is 2.02. The average molecular weight is 264 g/mol. The predicted molar refractivity (Wildman–Crippen MR) is 83.8 cm³/mol. The molecule has 0 radical (unpaired) electrons. The lowest BCUT2D eigenvalue weighted by atomic mass is 9.83. The summed E-state index contributed by atoms with van der Waals surface area (Å²) in [6.07, 6.45) is 6.41. The molecule has 0 saturated heterocycles. The van der Waals surface area contributed by atoms with Crippen LogP contribution in [0.4, 0.5) is 5.69 Å². The summed E-state index contributed by atoms with van der Waals surface area (Å²) < 4.78 is 0. The lowest BCUT2D eigenvalue weighted by molar-refractivity contribution is 0.349. The van der Waals surface area contributed by atoms with Gasteiger partial charge in [-0.3, -0.25) is 0 Å². The highest BCUT2D eigenvalue weighted by atomic mass is 15.0. The number of nitriles is 1. The van der Waals surface area contributed by atoms with E-state index < -0.39 is 0 Å². The van der Waals surface area contributed by atoms with Gasteiger partial charge in [0.25, 0.3) is 0 Å². The van der Waals surface area contributed by atoms with Crippen molar-refractivity contribution in [2.75, 3.05) is 5.32 Å². The minimum absolute atomic E-state index is 0.190. The number of nitrogens with zero attached hydrogens (tertiary/aromatic N) is 1. The zero-order chi connectivity index (χ0) is 14.0. The molecule has 0 amide bonds. The van der Waals surface area contributed by atoms with Crippen LogP contribution in [0, 0.1) is 11.3 Å². The van der Waals surface area contributed by atoms with Crippen molar-refractivity contribution in [3.8, 4) is 6.07 Å². The normalized spacial score (nSPS) is 17.6. The van der Waals surface area contributed by atoms with Crippen LogP contribution in [-0.2, 0) is 0 Å². The summed E-state index contributed by atoms with van der Waals surface area (Å²) >= 11 is 0. The first-order chi connectivity index (χ1) is 9.72. The second-order valence-corrected chi connectivity index (χ2v) is 6.06. The fourth-order valence-electron chi connectivity index (χ4n) is 3.29. The Labute approximate surface area is 120 Å². The van der Waals surface area contributed by atoms with E-state index in [1.165, 1.54) is 32.1 Å². The van der Waals surface area contributed by atoms with Crippen LogP contribution < -0.4 is 5.32 Å². The standard InChI is InChI=1S/C18H20N2/c1-18(11-5-2-6-12-18)20-17-10-9-14(13-19)15-7-3-4-8-16(15)17/h3-4,7-10,20H,2,5-6,11-12H2,1H3. The minimum atomic E-state index is 0.190. The Morgan fingerprint density at radius 1 is 1.00 bits per heavy atom. The van der Waals surface area contributed by atoms with Gasteiger partial charge in [0.1, 0.15) is 0 Å². The largest absolute Gasteiger partial charge is 0.379 e.